The van der Waals surface area contributed by atoms with Crippen LogP contribution in [0.25, 0.3) is 11.4 Å². The Kier molecular flexibility index (Phi) is 6.10. The van der Waals surface area contributed by atoms with Gasteiger partial charge < -0.3 is 4.74 Å². The van der Waals surface area contributed by atoms with Gasteiger partial charge in [0.25, 0.3) is 0 Å². The number of ether oxygens (including phenoxy) is 1. The zero-order valence-electron chi connectivity index (χ0n) is 15.3. The molecule has 144 valence electrons. The van der Waals surface area contributed by atoms with Crippen LogP contribution in [0.3, 0.4) is 0 Å². The smallest absolute Gasteiger partial charge is 0.192 e. The van der Waals surface area contributed by atoms with Gasteiger partial charge in [-0.05, 0) is 37.1 Å². The number of thioether (sulfide) groups is 1. The topological polar surface area (TPSA) is 57.0 Å². The van der Waals surface area contributed by atoms with Crippen molar-refractivity contribution in [2.45, 2.75) is 30.6 Å². The number of carbonyl (C=O) groups is 1. The highest BCUT2D eigenvalue weighted by Gasteiger charge is 2.22. The molecule has 0 aliphatic carbocycles. The van der Waals surface area contributed by atoms with E-state index in [0.29, 0.717) is 22.9 Å². The van der Waals surface area contributed by atoms with E-state index < -0.39 is 0 Å². The highest BCUT2D eigenvalue weighted by molar-refractivity contribution is 7.99. The molecule has 7 heteroatoms. The van der Waals surface area contributed by atoms with Crippen molar-refractivity contribution in [3.8, 4) is 11.4 Å². The molecule has 1 atom stereocenters. The third kappa shape index (κ3) is 4.46. The van der Waals surface area contributed by atoms with Crippen LogP contribution in [0.15, 0.2) is 59.8 Å². The molecule has 0 amide bonds. The van der Waals surface area contributed by atoms with Gasteiger partial charge in [0.2, 0.25) is 0 Å². The monoisotopic (exact) mass is 413 g/mol. The molecule has 0 bridgehead atoms. The summed E-state index contributed by atoms with van der Waals surface area (Å²) in [5, 5.41) is 10.2. The van der Waals surface area contributed by atoms with E-state index in [-0.39, 0.29) is 11.9 Å². The van der Waals surface area contributed by atoms with Gasteiger partial charge in [0.05, 0.1) is 18.4 Å². The van der Waals surface area contributed by atoms with Crippen LogP contribution in [0.4, 0.5) is 0 Å². The van der Waals surface area contributed by atoms with Gasteiger partial charge in [-0.3, -0.25) is 9.36 Å². The number of hydrogen-bond acceptors (Lipinski definition) is 5. The molecular formula is C21H20ClN3O2S. The number of ketones is 1. The Labute approximate surface area is 173 Å². The Morgan fingerprint density at radius 3 is 2.64 bits per heavy atom. The lowest BCUT2D eigenvalue weighted by molar-refractivity contribution is 0.0953. The van der Waals surface area contributed by atoms with E-state index in [9.17, 15) is 4.79 Å². The van der Waals surface area contributed by atoms with Crippen molar-refractivity contribution in [1.82, 2.24) is 14.8 Å². The molecule has 1 aliphatic heterocycles. The molecule has 1 aromatic heterocycles. The molecule has 28 heavy (non-hydrogen) atoms. The zero-order valence-corrected chi connectivity index (χ0v) is 16.8. The number of rotatable bonds is 7. The van der Waals surface area contributed by atoms with Gasteiger partial charge in [0.1, 0.15) is 0 Å². The predicted molar refractivity (Wildman–Crippen MR) is 111 cm³/mol. The SMILES string of the molecule is O=C(CSc1nnc(-c2ccc(Cl)cc2)n1C[C@H]1CCCO1)c1ccccc1. The van der Waals surface area contributed by atoms with E-state index in [0.717, 1.165) is 36.0 Å². The Hall–Kier alpha value is -2.15. The Morgan fingerprint density at radius 1 is 1.14 bits per heavy atom. The van der Waals surface area contributed by atoms with E-state index in [4.69, 9.17) is 16.3 Å². The Balaban J connectivity index is 1.57. The fourth-order valence-corrected chi connectivity index (χ4v) is 4.17. The average Bonchev–Trinajstić information content (AvgIpc) is 3.38. The van der Waals surface area contributed by atoms with Gasteiger partial charge in [-0.2, -0.15) is 0 Å². The van der Waals surface area contributed by atoms with Gasteiger partial charge in [-0.1, -0.05) is 53.7 Å². The lowest BCUT2D eigenvalue weighted by atomic mass is 10.2. The second-order valence-corrected chi connectivity index (χ2v) is 8.02. The van der Waals surface area contributed by atoms with Crippen LogP contribution in [-0.4, -0.2) is 39.0 Å². The van der Waals surface area contributed by atoms with Crippen LogP contribution in [0.5, 0.6) is 0 Å². The minimum absolute atomic E-state index is 0.0744. The molecule has 0 N–H and O–H groups in total. The summed E-state index contributed by atoms with van der Waals surface area (Å²) < 4.78 is 7.87. The number of nitrogens with zero attached hydrogens (tertiary/aromatic N) is 3. The number of benzene rings is 2. The molecule has 1 fully saturated rings. The average molecular weight is 414 g/mol. The predicted octanol–water partition coefficient (Wildman–Crippen LogP) is 4.75. The third-order valence-electron chi connectivity index (χ3n) is 4.66. The normalized spacial score (nSPS) is 16.4. The van der Waals surface area contributed by atoms with Crippen LogP contribution >= 0.6 is 23.4 Å². The largest absolute Gasteiger partial charge is 0.376 e. The molecule has 1 aliphatic rings. The van der Waals surface area contributed by atoms with Crippen LogP contribution < -0.4 is 0 Å². The summed E-state index contributed by atoms with van der Waals surface area (Å²) in [6.07, 6.45) is 2.23. The van der Waals surface area contributed by atoms with Crippen molar-refractivity contribution in [3.05, 3.63) is 65.2 Å². The lowest BCUT2D eigenvalue weighted by Crippen LogP contribution is -2.17. The van der Waals surface area contributed by atoms with Crippen molar-refractivity contribution in [1.29, 1.82) is 0 Å². The first-order chi connectivity index (χ1) is 13.7. The summed E-state index contributed by atoms with van der Waals surface area (Å²) in [5.74, 6) is 1.15. The summed E-state index contributed by atoms with van der Waals surface area (Å²) in [6.45, 7) is 1.46. The summed E-state index contributed by atoms with van der Waals surface area (Å²) >= 11 is 7.43. The van der Waals surface area contributed by atoms with Gasteiger partial charge in [-0.15, -0.1) is 10.2 Å². The van der Waals surface area contributed by atoms with Crippen molar-refractivity contribution in [2.24, 2.45) is 0 Å². The number of hydrogen-bond donors (Lipinski definition) is 0. The molecule has 4 rings (SSSR count). The van der Waals surface area contributed by atoms with Gasteiger partial charge in [0, 0.05) is 22.8 Å². The molecule has 0 saturated carbocycles. The number of aromatic nitrogens is 3. The van der Waals surface area contributed by atoms with Crippen LogP contribution in [-0.2, 0) is 11.3 Å². The van der Waals surface area contributed by atoms with Crippen molar-refractivity contribution >= 4 is 29.1 Å². The first-order valence-corrected chi connectivity index (χ1v) is 10.6. The summed E-state index contributed by atoms with van der Waals surface area (Å²) in [7, 11) is 0. The summed E-state index contributed by atoms with van der Waals surface area (Å²) in [6, 6.07) is 16.9. The second kappa shape index (κ2) is 8.90. The fraction of sp³-hybridized carbons (Fsp3) is 0.286. The first-order valence-electron chi connectivity index (χ1n) is 9.22. The van der Waals surface area contributed by atoms with Gasteiger partial charge in [-0.25, -0.2) is 0 Å². The number of Topliss-reactive ketones (excluding diaryl/α,β-unsaturated/α-hetero) is 1. The highest BCUT2D eigenvalue weighted by Crippen LogP contribution is 2.27. The molecule has 0 radical (unpaired) electrons. The summed E-state index contributed by atoms with van der Waals surface area (Å²) in [5.41, 5.74) is 1.65. The fourth-order valence-electron chi connectivity index (χ4n) is 3.20. The minimum Gasteiger partial charge on any atom is -0.376 e. The van der Waals surface area contributed by atoms with Crippen molar-refractivity contribution in [3.63, 3.8) is 0 Å². The van der Waals surface area contributed by atoms with Gasteiger partial charge >= 0.3 is 0 Å². The van der Waals surface area contributed by atoms with Crippen LogP contribution in [0, 0.1) is 0 Å². The summed E-state index contributed by atoms with van der Waals surface area (Å²) in [4.78, 5) is 12.5. The van der Waals surface area contributed by atoms with E-state index in [1.807, 2.05) is 54.6 Å². The Bertz CT molecular complexity index is 938. The minimum atomic E-state index is 0.0744. The molecule has 2 heterocycles. The highest BCUT2D eigenvalue weighted by atomic mass is 35.5. The zero-order chi connectivity index (χ0) is 19.3. The van der Waals surface area contributed by atoms with E-state index in [1.54, 1.807) is 0 Å². The standard InChI is InChI=1S/C21H20ClN3O2S/c22-17-10-8-16(9-11-17)20-23-24-21(25(20)13-18-7-4-12-27-18)28-14-19(26)15-5-2-1-3-6-15/h1-3,5-6,8-11,18H,4,7,12-14H2/t18-/m1/s1. The number of halogens is 1. The maximum absolute atomic E-state index is 12.5. The quantitative estimate of drug-likeness (QED) is 0.413. The molecule has 3 aromatic rings. The first kappa shape index (κ1) is 19.2. The molecule has 5 nitrogen and oxygen atoms in total. The Morgan fingerprint density at radius 2 is 1.93 bits per heavy atom. The third-order valence-corrected chi connectivity index (χ3v) is 5.88. The number of carbonyl (C=O) groups excluding carboxylic acids is 1. The maximum Gasteiger partial charge on any atom is 0.192 e. The van der Waals surface area contributed by atoms with Gasteiger partial charge in [0.15, 0.2) is 16.8 Å². The van der Waals surface area contributed by atoms with E-state index >= 15 is 0 Å². The molecule has 2 aromatic carbocycles. The molecular weight excluding hydrogens is 394 g/mol. The van der Waals surface area contributed by atoms with E-state index in [1.165, 1.54) is 11.8 Å². The van der Waals surface area contributed by atoms with E-state index in [2.05, 4.69) is 14.8 Å². The van der Waals surface area contributed by atoms with Crippen molar-refractivity contribution in [2.75, 3.05) is 12.4 Å². The molecule has 1 saturated heterocycles. The molecule has 0 spiro atoms. The molecule has 0 unspecified atom stereocenters. The van der Waals surface area contributed by atoms with Crippen LogP contribution in [0.1, 0.15) is 23.2 Å². The lowest BCUT2D eigenvalue weighted by Gasteiger charge is -2.14. The van der Waals surface area contributed by atoms with Crippen molar-refractivity contribution < 1.29 is 9.53 Å². The van der Waals surface area contributed by atoms with Crippen LogP contribution in [0.2, 0.25) is 5.02 Å². The maximum atomic E-state index is 12.5. The second-order valence-electron chi connectivity index (χ2n) is 6.64.